The molecule has 0 heterocycles. The van der Waals surface area contributed by atoms with E-state index in [4.69, 9.17) is 27.9 Å². The molecule has 4 nitrogen and oxygen atoms in total. The summed E-state index contributed by atoms with van der Waals surface area (Å²) < 4.78 is 5.08. The van der Waals surface area contributed by atoms with E-state index in [1.54, 1.807) is 25.3 Å². The number of carbonyl (C=O) groups is 1. The molecule has 0 unspecified atom stereocenters. The number of hydrogen-bond acceptors (Lipinski definition) is 3. The van der Waals surface area contributed by atoms with Crippen molar-refractivity contribution in [2.24, 2.45) is 0 Å². The van der Waals surface area contributed by atoms with Crippen molar-refractivity contribution >= 4 is 40.5 Å². The van der Waals surface area contributed by atoms with Gasteiger partial charge in [0.05, 0.1) is 22.8 Å². The van der Waals surface area contributed by atoms with Gasteiger partial charge in [0.2, 0.25) is 5.91 Å². The predicted molar refractivity (Wildman–Crippen MR) is 101 cm³/mol. The molecular formula is C18H20Cl2N2O2. The number of anilines is 2. The Kier molecular flexibility index (Phi) is 6.35. The Morgan fingerprint density at radius 1 is 1.12 bits per heavy atom. The van der Waals surface area contributed by atoms with E-state index in [-0.39, 0.29) is 5.91 Å². The fourth-order valence-electron chi connectivity index (χ4n) is 2.41. The zero-order valence-electron chi connectivity index (χ0n) is 13.9. The third kappa shape index (κ3) is 4.79. The van der Waals surface area contributed by atoms with Crippen molar-refractivity contribution in [2.75, 3.05) is 24.3 Å². The molecule has 0 aromatic heterocycles. The maximum atomic E-state index is 12.0. The first-order valence-corrected chi connectivity index (χ1v) is 8.30. The molecule has 0 radical (unpaired) electrons. The number of nitrogens with one attached hydrogen (secondary N) is 2. The molecule has 0 saturated carbocycles. The lowest BCUT2D eigenvalue weighted by atomic mass is 10.1. The SMILES string of the molecule is COc1ccc(NC(=O)CCNc2c(C)cc(C)cc2Cl)cc1Cl. The van der Waals surface area contributed by atoms with Gasteiger partial charge in [-0.2, -0.15) is 0 Å². The van der Waals surface area contributed by atoms with E-state index < -0.39 is 0 Å². The third-order valence-electron chi connectivity index (χ3n) is 3.52. The third-order valence-corrected chi connectivity index (χ3v) is 4.11. The highest BCUT2D eigenvalue weighted by molar-refractivity contribution is 6.33. The summed E-state index contributed by atoms with van der Waals surface area (Å²) in [4.78, 5) is 12.0. The average molecular weight is 367 g/mol. The predicted octanol–water partition coefficient (Wildman–Crippen LogP) is 5.06. The number of rotatable bonds is 6. The first kappa shape index (κ1) is 18.4. The normalized spacial score (nSPS) is 10.4. The first-order chi connectivity index (χ1) is 11.4. The second kappa shape index (κ2) is 8.27. The fraction of sp³-hybridized carbons (Fsp3) is 0.278. The zero-order chi connectivity index (χ0) is 17.7. The molecular weight excluding hydrogens is 347 g/mol. The second-order valence-electron chi connectivity index (χ2n) is 5.51. The largest absolute Gasteiger partial charge is 0.495 e. The van der Waals surface area contributed by atoms with E-state index in [0.29, 0.717) is 34.4 Å². The molecule has 0 aliphatic carbocycles. The van der Waals surface area contributed by atoms with Gasteiger partial charge in [0.25, 0.3) is 0 Å². The van der Waals surface area contributed by atoms with E-state index in [2.05, 4.69) is 10.6 Å². The molecule has 0 bridgehead atoms. The molecule has 0 spiro atoms. The van der Waals surface area contributed by atoms with Crippen molar-refractivity contribution in [3.63, 3.8) is 0 Å². The van der Waals surface area contributed by atoms with E-state index >= 15 is 0 Å². The summed E-state index contributed by atoms with van der Waals surface area (Å²) in [6.07, 6.45) is 0.313. The average Bonchev–Trinajstić information content (AvgIpc) is 2.50. The minimum absolute atomic E-state index is 0.107. The van der Waals surface area contributed by atoms with E-state index in [9.17, 15) is 4.79 Å². The fourth-order valence-corrected chi connectivity index (χ4v) is 3.05. The Labute approximate surface area is 152 Å². The van der Waals surface area contributed by atoms with Crippen LogP contribution in [0.4, 0.5) is 11.4 Å². The van der Waals surface area contributed by atoms with Crippen molar-refractivity contribution in [3.05, 3.63) is 51.5 Å². The van der Waals surface area contributed by atoms with Crippen LogP contribution in [-0.4, -0.2) is 19.6 Å². The van der Waals surface area contributed by atoms with Gasteiger partial charge in [-0.25, -0.2) is 0 Å². The standard InChI is InChI=1S/C18H20Cl2N2O2/c1-11-8-12(2)18(15(20)9-11)21-7-6-17(23)22-13-4-5-16(24-3)14(19)10-13/h4-5,8-10,21H,6-7H2,1-3H3,(H,22,23). The lowest BCUT2D eigenvalue weighted by Gasteiger charge is -2.13. The topological polar surface area (TPSA) is 50.4 Å². The molecule has 2 aromatic carbocycles. The molecule has 1 amide bonds. The molecule has 2 rings (SSSR count). The highest BCUT2D eigenvalue weighted by atomic mass is 35.5. The summed E-state index contributed by atoms with van der Waals surface area (Å²) in [6.45, 7) is 4.47. The van der Waals surface area contributed by atoms with Gasteiger partial charge in [0.15, 0.2) is 0 Å². The molecule has 0 atom stereocenters. The molecule has 0 aliphatic rings. The summed E-state index contributed by atoms with van der Waals surface area (Å²) in [5.74, 6) is 0.463. The Morgan fingerprint density at radius 3 is 2.50 bits per heavy atom. The Balaban J connectivity index is 1.89. The summed E-state index contributed by atoms with van der Waals surface area (Å²) >= 11 is 12.3. The molecule has 0 fully saturated rings. The molecule has 0 saturated heterocycles. The minimum Gasteiger partial charge on any atom is -0.495 e. The van der Waals surface area contributed by atoms with Crippen LogP contribution in [0.15, 0.2) is 30.3 Å². The van der Waals surface area contributed by atoms with Crippen LogP contribution in [0.2, 0.25) is 10.0 Å². The molecule has 6 heteroatoms. The van der Waals surface area contributed by atoms with Crippen LogP contribution in [0.5, 0.6) is 5.75 Å². The number of amides is 1. The van der Waals surface area contributed by atoms with E-state index in [1.165, 1.54) is 0 Å². The van der Waals surface area contributed by atoms with E-state index in [0.717, 1.165) is 16.8 Å². The van der Waals surface area contributed by atoms with Gasteiger partial charge in [-0.15, -0.1) is 0 Å². The van der Waals surface area contributed by atoms with Gasteiger partial charge >= 0.3 is 0 Å². The van der Waals surface area contributed by atoms with Crippen LogP contribution >= 0.6 is 23.2 Å². The van der Waals surface area contributed by atoms with Gasteiger partial charge in [-0.1, -0.05) is 29.3 Å². The minimum atomic E-state index is -0.107. The van der Waals surface area contributed by atoms with Crippen LogP contribution in [0.25, 0.3) is 0 Å². The van der Waals surface area contributed by atoms with Crippen molar-refractivity contribution in [2.45, 2.75) is 20.3 Å². The van der Waals surface area contributed by atoms with Crippen LogP contribution in [-0.2, 0) is 4.79 Å². The van der Waals surface area contributed by atoms with Gasteiger partial charge in [0, 0.05) is 18.7 Å². The number of aryl methyl sites for hydroxylation is 2. The maximum absolute atomic E-state index is 12.0. The van der Waals surface area contributed by atoms with Crippen molar-refractivity contribution < 1.29 is 9.53 Å². The Bertz CT molecular complexity index is 725. The summed E-state index contributed by atoms with van der Waals surface area (Å²) in [7, 11) is 1.54. The van der Waals surface area contributed by atoms with Crippen LogP contribution in [0, 0.1) is 13.8 Å². The second-order valence-corrected chi connectivity index (χ2v) is 6.33. The Morgan fingerprint density at radius 2 is 1.88 bits per heavy atom. The Hall–Kier alpha value is -1.91. The van der Waals surface area contributed by atoms with Crippen LogP contribution < -0.4 is 15.4 Å². The van der Waals surface area contributed by atoms with Crippen LogP contribution in [0.3, 0.4) is 0 Å². The number of methoxy groups -OCH3 is 1. The smallest absolute Gasteiger partial charge is 0.226 e. The van der Waals surface area contributed by atoms with Gasteiger partial charge in [0.1, 0.15) is 5.75 Å². The number of carbonyl (C=O) groups excluding carboxylic acids is 1. The highest BCUT2D eigenvalue weighted by Crippen LogP contribution is 2.28. The molecule has 0 aliphatic heterocycles. The lowest BCUT2D eigenvalue weighted by Crippen LogP contribution is -2.16. The summed E-state index contributed by atoms with van der Waals surface area (Å²) in [6, 6.07) is 9.07. The molecule has 128 valence electrons. The number of hydrogen-bond donors (Lipinski definition) is 2. The maximum Gasteiger partial charge on any atom is 0.226 e. The van der Waals surface area contributed by atoms with Gasteiger partial charge in [-0.05, 0) is 49.2 Å². The zero-order valence-corrected chi connectivity index (χ0v) is 15.4. The van der Waals surface area contributed by atoms with Gasteiger partial charge < -0.3 is 15.4 Å². The first-order valence-electron chi connectivity index (χ1n) is 7.54. The monoisotopic (exact) mass is 366 g/mol. The van der Waals surface area contributed by atoms with Crippen molar-refractivity contribution in [1.82, 2.24) is 0 Å². The van der Waals surface area contributed by atoms with Gasteiger partial charge in [-0.3, -0.25) is 4.79 Å². The molecule has 2 N–H and O–H groups in total. The summed E-state index contributed by atoms with van der Waals surface area (Å²) in [5, 5.41) is 7.14. The van der Waals surface area contributed by atoms with Crippen LogP contribution in [0.1, 0.15) is 17.5 Å². The summed E-state index contributed by atoms with van der Waals surface area (Å²) in [5.41, 5.74) is 3.66. The quantitative estimate of drug-likeness (QED) is 0.750. The van der Waals surface area contributed by atoms with Crippen molar-refractivity contribution in [1.29, 1.82) is 0 Å². The molecule has 24 heavy (non-hydrogen) atoms. The van der Waals surface area contributed by atoms with Crippen molar-refractivity contribution in [3.8, 4) is 5.75 Å². The lowest BCUT2D eigenvalue weighted by molar-refractivity contribution is -0.115. The number of ether oxygens (including phenoxy) is 1. The highest BCUT2D eigenvalue weighted by Gasteiger charge is 2.08. The molecule has 2 aromatic rings. The number of halogens is 2. The number of benzene rings is 2. The van der Waals surface area contributed by atoms with E-state index in [1.807, 2.05) is 26.0 Å².